The monoisotopic (exact) mass is 270 g/mol. The molecule has 0 aliphatic carbocycles. The standard InChI is InChI=1S/C18H22O2/c1-18(2,3)15-8-9-17(20-4)16(11-15)14-7-5-6-13(10-14)12-19/h5-11,19H,12H2,1-4H3. The Labute approximate surface area is 121 Å². The highest BCUT2D eigenvalue weighted by Gasteiger charge is 2.16. The minimum Gasteiger partial charge on any atom is -0.496 e. The van der Waals surface area contributed by atoms with Crippen LogP contribution in [-0.4, -0.2) is 12.2 Å². The van der Waals surface area contributed by atoms with Crippen LogP contribution in [0.2, 0.25) is 0 Å². The van der Waals surface area contributed by atoms with Gasteiger partial charge in [-0.25, -0.2) is 0 Å². The maximum atomic E-state index is 9.29. The quantitative estimate of drug-likeness (QED) is 0.907. The van der Waals surface area contributed by atoms with Crippen molar-refractivity contribution in [3.63, 3.8) is 0 Å². The highest BCUT2D eigenvalue weighted by atomic mass is 16.5. The summed E-state index contributed by atoms with van der Waals surface area (Å²) in [6.45, 7) is 6.64. The Balaban J connectivity index is 2.58. The summed E-state index contributed by atoms with van der Waals surface area (Å²) in [6, 6.07) is 14.2. The molecule has 2 heteroatoms. The molecule has 0 aromatic heterocycles. The van der Waals surface area contributed by atoms with Gasteiger partial charge in [0.1, 0.15) is 5.75 Å². The van der Waals surface area contributed by atoms with Crippen molar-refractivity contribution in [1.82, 2.24) is 0 Å². The fourth-order valence-electron chi connectivity index (χ4n) is 2.24. The van der Waals surface area contributed by atoms with E-state index in [2.05, 4.69) is 32.9 Å². The van der Waals surface area contributed by atoms with Crippen LogP contribution in [-0.2, 0) is 12.0 Å². The molecule has 0 aliphatic heterocycles. The van der Waals surface area contributed by atoms with Gasteiger partial charge < -0.3 is 9.84 Å². The first-order chi connectivity index (χ1) is 9.45. The molecule has 0 amide bonds. The van der Waals surface area contributed by atoms with Gasteiger partial charge in [-0.1, -0.05) is 45.0 Å². The predicted molar refractivity (Wildman–Crippen MR) is 83.1 cm³/mol. The lowest BCUT2D eigenvalue weighted by molar-refractivity contribution is 0.282. The second-order valence-electron chi connectivity index (χ2n) is 6.02. The van der Waals surface area contributed by atoms with Crippen molar-refractivity contribution in [3.05, 3.63) is 53.6 Å². The lowest BCUT2D eigenvalue weighted by atomic mass is 9.85. The highest BCUT2D eigenvalue weighted by molar-refractivity contribution is 5.72. The van der Waals surface area contributed by atoms with Gasteiger partial charge in [0.05, 0.1) is 13.7 Å². The van der Waals surface area contributed by atoms with E-state index in [1.807, 2.05) is 30.3 Å². The molecule has 0 saturated heterocycles. The van der Waals surface area contributed by atoms with Crippen LogP contribution in [0.5, 0.6) is 5.75 Å². The first-order valence-electron chi connectivity index (χ1n) is 6.84. The van der Waals surface area contributed by atoms with Crippen LogP contribution in [0.25, 0.3) is 11.1 Å². The molecule has 0 atom stereocenters. The Morgan fingerprint density at radius 1 is 1.05 bits per heavy atom. The molecule has 20 heavy (non-hydrogen) atoms. The number of rotatable bonds is 3. The van der Waals surface area contributed by atoms with Crippen molar-refractivity contribution in [3.8, 4) is 16.9 Å². The molecular weight excluding hydrogens is 248 g/mol. The average molecular weight is 270 g/mol. The van der Waals surface area contributed by atoms with Gasteiger partial charge >= 0.3 is 0 Å². The van der Waals surface area contributed by atoms with Gasteiger partial charge in [0.25, 0.3) is 0 Å². The Kier molecular flexibility index (Phi) is 4.15. The molecule has 0 spiro atoms. The molecule has 0 fully saturated rings. The van der Waals surface area contributed by atoms with E-state index >= 15 is 0 Å². The largest absolute Gasteiger partial charge is 0.496 e. The lowest BCUT2D eigenvalue weighted by Gasteiger charge is -2.21. The van der Waals surface area contributed by atoms with Crippen LogP contribution in [0.15, 0.2) is 42.5 Å². The molecule has 0 aliphatic rings. The number of hydrogen-bond donors (Lipinski definition) is 1. The molecule has 2 aromatic rings. The molecule has 0 unspecified atom stereocenters. The smallest absolute Gasteiger partial charge is 0.126 e. The van der Waals surface area contributed by atoms with E-state index in [1.54, 1.807) is 7.11 Å². The Morgan fingerprint density at radius 3 is 2.40 bits per heavy atom. The third-order valence-corrected chi connectivity index (χ3v) is 3.49. The Morgan fingerprint density at radius 2 is 1.80 bits per heavy atom. The molecule has 2 nitrogen and oxygen atoms in total. The van der Waals surface area contributed by atoms with Crippen molar-refractivity contribution in [2.75, 3.05) is 7.11 Å². The van der Waals surface area contributed by atoms with Crippen molar-refractivity contribution in [2.45, 2.75) is 32.8 Å². The molecule has 0 radical (unpaired) electrons. The Bertz CT molecular complexity index is 595. The maximum Gasteiger partial charge on any atom is 0.126 e. The summed E-state index contributed by atoms with van der Waals surface area (Å²) in [5, 5.41) is 9.29. The van der Waals surface area contributed by atoms with Crippen LogP contribution in [0.3, 0.4) is 0 Å². The zero-order valence-corrected chi connectivity index (χ0v) is 12.6. The summed E-state index contributed by atoms with van der Waals surface area (Å²) in [4.78, 5) is 0. The minimum absolute atomic E-state index is 0.0507. The topological polar surface area (TPSA) is 29.5 Å². The molecule has 0 bridgehead atoms. The summed E-state index contributed by atoms with van der Waals surface area (Å²) >= 11 is 0. The normalized spacial score (nSPS) is 11.4. The van der Waals surface area contributed by atoms with E-state index in [1.165, 1.54) is 5.56 Å². The summed E-state index contributed by atoms with van der Waals surface area (Å²) in [7, 11) is 1.69. The third-order valence-electron chi connectivity index (χ3n) is 3.49. The molecule has 0 heterocycles. The van der Waals surface area contributed by atoms with E-state index in [4.69, 9.17) is 4.74 Å². The highest BCUT2D eigenvalue weighted by Crippen LogP contribution is 2.35. The summed E-state index contributed by atoms with van der Waals surface area (Å²) in [6.07, 6.45) is 0. The summed E-state index contributed by atoms with van der Waals surface area (Å²) < 4.78 is 5.48. The maximum absolute atomic E-state index is 9.29. The van der Waals surface area contributed by atoms with Gasteiger partial charge in [0.2, 0.25) is 0 Å². The third kappa shape index (κ3) is 3.02. The van der Waals surface area contributed by atoms with Crippen molar-refractivity contribution < 1.29 is 9.84 Å². The van der Waals surface area contributed by atoms with Gasteiger partial charge in [0.15, 0.2) is 0 Å². The van der Waals surface area contributed by atoms with Crippen LogP contribution in [0.1, 0.15) is 31.9 Å². The lowest BCUT2D eigenvalue weighted by Crippen LogP contribution is -2.11. The van der Waals surface area contributed by atoms with E-state index in [0.29, 0.717) is 0 Å². The molecule has 0 saturated carbocycles. The van der Waals surface area contributed by atoms with E-state index < -0.39 is 0 Å². The van der Waals surface area contributed by atoms with E-state index in [9.17, 15) is 5.11 Å². The second kappa shape index (κ2) is 5.68. The predicted octanol–water partition coefficient (Wildman–Crippen LogP) is 4.15. The van der Waals surface area contributed by atoms with Gasteiger partial charge in [-0.15, -0.1) is 0 Å². The second-order valence-corrected chi connectivity index (χ2v) is 6.02. The SMILES string of the molecule is COc1ccc(C(C)(C)C)cc1-c1cccc(CO)c1. The van der Waals surface area contributed by atoms with Crippen LogP contribution < -0.4 is 4.74 Å². The number of ether oxygens (including phenoxy) is 1. The van der Waals surface area contributed by atoms with Crippen LogP contribution >= 0.6 is 0 Å². The number of benzene rings is 2. The first-order valence-corrected chi connectivity index (χ1v) is 6.84. The molecule has 2 aromatic carbocycles. The van der Waals surface area contributed by atoms with Gasteiger partial charge in [0, 0.05) is 5.56 Å². The van der Waals surface area contributed by atoms with Crippen LogP contribution in [0, 0.1) is 0 Å². The number of hydrogen-bond acceptors (Lipinski definition) is 2. The van der Waals surface area contributed by atoms with Gasteiger partial charge in [-0.2, -0.15) is 0 Å². The summed E-state index contributed by atoms with van der Waals surface area (Å²) in [5.74, 6) is 0.855. The fourth-order valence-corrected chi connectivity index (χ4v) is 2.24. The zero-order chi connectivity index (χ0) is 14.8. The fraction of sp³-hybridized carbons (Fsp3) is 0.333. The molecular formula is C18H22O2. The van der Waals surface area contributed by atoms with E-state index in [-0.39, 0.29) is 12.0 Å². The number of methoxy groups -OCH3 is 1. The summed E-state index contributed by atoms with van der Waals surface area (Å²) in [5.41, 5.74) is 4.40. The molecule has 2 rings (SSSR count). The van der Waals surface area contributed by atoms with Crippen LogP contribution in [0.4, 0.5) is 0 Å². The van der Waals surface area contributed by atoms with Crippen molar-refractivity contribution in [2.24, 2.45) is 0 Å². The molecule has 106 valence electrons. The minimum atomic E-state index is 0.0507. The van der Waals surface area contributed by atoms with Crippen molar-refractivity contribution in [1.29, 1.82) is 0 Å². The van der Waals surface area contributed by atoms with Gasteiger partial charge in [-0.05, 0) is 40.3 Å². The zero-order valence-electron chi connectivity index (χ0n) is 12.6. The molecule has 1 N–H and O–H groups in total. The Hall–Kier alpha value is -1.80. The first kappa shape index (κ1) is 14.6. The van der Waals surface area contributed by atoms with Gasteiger partial charge in [-0.3, -0.25) is 0 Å². The number of aliphatic hydroxyl groups excluding tert-OH is 1. The van der Waals surface area contributed by atoms with Crippen molar-refractivity contribution >= 4 is 0 Å². The van der Waals surface area contributed by atoms with E-state index in [0.717, 1.165) is 22.4 Å². The number of aliphatic hydroxyl groups is 1. The average Bonchev–Trinajstić information content (AvgIpc) is 2.45.